The Morgan fingerprint density at radius 3 is 3.00 bits per heavy atom. The van der Waals surface area contributed by atoms with Crippen LogP contribution in [-0.4, -0.2) is 16.3 Å². The van der Waals surface area contributed by atoms with Crippen molar-refractivity contribution in [3.8, 4) is 11.8 Å². The molecule has 3 aliphatic carbocycles. The Morgan fingerprint density at radius 2 is 2.22 bits per heavy atom. The highest BCUT2D eigenvalue weighted by Crippen LogP contribution is 2.62. The summed E-state index contributed by atoms with van der Waals surface area (Å²) in [6.45, 7) is 2.35. The molecule has 3 nitrogen and oxygen atoms in total. The maximum Gasteiger partial charge on any atom is 0.115 e. The van der Waals surface area contributed by atoms with E-state index < -0.39 is 0 Å². The molecule has 0 aliphatic heterocycles. The lowest BCUT2D eigenvalue weighted by molar-refractivity contribution is 0.0272. The van der Waals surface area contributed by atoms with E-state index in [2.05, 4.69) is 19.1 Å². The second-order valence-electron chi connectivity index (χ2n) is 8.29. The molecule has 0 spiro atoms. The number of nitriles is 1. The Hall–Kier alpha value is -1.53. The van der Waals surface area contributed by atoms with Gasteiger partial charge in [-0.25, -0.2) is 0 Å². The van der Waals surface area contributed by atoms with Gasteiger partial charge >= 0.3 is 0 Å². The first-order chi connectivity index (χ1) is 11.0. The molecule has 2 N–H and O–H groups in total. The first kappa shape index (κ1) is 15.0. The van der Waals surface area contributed by atoms with Crippen molar-refractivity contribution in [2.24, 2.45) is 23.2 Å². The zero-order valence-electron chi connectivity index (χ0n) is 13.7. The van der Waals surface area contributed by atoms with Crippen molar-refractivity contribution in [1.29, 1.82) is 5.26 Å². The molecule has 0 amide bonds. The van der Waals surface area contributed by atoms with E-state index in [1.165, 1.54) is 11.1 Å². The fraction of sp³-hybridized carbons (Fsp3) is 0.650. The van der Waals surface area contributed by atoms with E-state index in [9.17, 15) is 15.5 Å². The standard InChI is InChI=1S/C20H25NO2/c1-20-6-4-17-16-3-2-14(22)9-13(16)8-12(5-7-21)19(17)18(20)10-15(23)11-20/h2-3,9,12,15,17-19,22-23H,4-6,8,10-11H2,1H3/t12-,15+,17+,18-,19+,20+/m0/s1. The number of nitrogens with zero attached hydrogens (tertiary/aromatic N) is 1. The number of phenols is 1. The number of hydrogen-bond acceptors (Lipinski definition) is 3. The highest BCUT2D eigenvalue weighted by molar-refractivity contribution is 5.40. The summed E-state index contributed by atoms with van der Waals surface area (Å²) < 4.78 is 0. The average Bonchev–Trinajstić information content (AvgIpc) is 2.81. The van der Waals surface area contributed by atoms with E-state index in [0.717, 1.165) is 32.1 Å². The van der Waals surface area contributed by atoms with Crippen LogP contribution in [0.4, 0.5) is 0 Å². The molecule has 2 fully saturated rings. The van der Waals surface area contributed by atoms with Gasteiger partial charge in [0.1, 0.15) is 5.75 Å². The molecule has 0 radical (unpaired) electrons. The lowest BCUT2D eigenvalue weighted by Crippen LogP contribution is -2.44. The van der Waals surface area contributed by atoms with Crippen molar-refractivity contribution in [3.05, 3.63) is 29.3 Å². The van der Waals surface area contributed by atoms with Gasteiger partial charge in [0.05, 0.1) is 12.2 Å². The summed E-state index contributed by atoms with van der Waals surface area (Å²) in [7, 11) is 0. The van der Waals surface area contributed by atoms with Gasteiger partial charge in [-0.3, -0.25) is 0 Å². The molecule has 1 aromatic carbocycles. The van der Waals surface area contributed by atoms with Gasteiger partial charge < -0.3 is 10.2 Å². The van der Waals surface area contributed by atoms with Crippen LogP contribution in [0.15, 0.2) is 18.2 Å². The van der Waals surface area contributed by atoms with Crippen LogP contribution in [0, 0.1) is 34.5 Å². The molecule has 0 unspecified atom stereocenters. The van der Waals surface area contributed by atoms with Gasteiger partial charge in [-0.1, -0.05) is 13.0 Å². The van der Waals surface area contributed by atoms with Gasteiger partial charge in [0, 0.05) is 6.42 Å². The van der Waals surface area contributed by atoms with Crippen molar-refractivity contribution >= 4 is 0 Å². The number of aromatic hydroxyl groups is 1. The Balaban J connectivity index is 1.77. The molecule has 0 heterocycles. The minimum Gasteiger partial charge on any atom is -0.508 e. The van der Waals surface area contributed by atoms with Crippen molar-refractivity contribution < 1.29 is 10.2 Å². The molecule has 23 heavy (non-hydrogen) atoms. The van der Waals surface area contributed by atoms with Crippen LogP contribution in [0.25, 0.3) is 0 Å². The van der Waals surface area contributed by atoms with Gasteiger partial charge in [0.2, 0.25) is 0 Å². The molecule has 6 atom stereocenters. The first-order valence-electron chi connectivity index (χ1n) is 8.88. The number of fused-ring (bicyclic) bond motifs is 5. The fourth-order valence-corrected chi connectivity index (χ4v) is 6.11. The van der Waals surface area contributed by atoms with E-state index in [0.29, 0.717) is 35.8 Å². The molecule has 0 saturated heterocycles. The second kappa shape index (κ2) is 5.24. The Kier molecular flexibility index (Phi) is 3.43. The Morgan fingerprint density at radius 1 is 1.39 bits per heavy atom. The van der Waals surface area contributed by atoms with E-state index in [-0.39, 0.29) is 11.5 Å². The third kappa shape index (κ3) is 2.27. The number of rotatable bonds is 1. The van der Waals surface area contributed by atoms with Crippen LogP contribution in [0.1, 0.15) is 56.1 Å². The lowest BCUT2D eigenvalue weighted by atomic mass is 9.52. The van der Waals surface area contributed by atoms with Crippen LogP contribution >= 0.6 is 0 Å². The quantitative estimate of drug-likeness (QED) is 0.830. The summed E-state index contributed by atoms with van der Waals surface area (Å²) in [5.74, 6) is 2.20. The summed E-state index contributed by atoms with van der Waals surface area (Å²) in [6, 6.07) is 8.19. The van der Waals surface area contributed by atoms with Gasteiger partial charge in [-0.2, -0.15) is 5.26 Å². The van der Waals surface area contributed by atoms with Crippen molar-refractivity contribution in [3.63, 3.8) is 0 Å². The molecule has 122 valence electrons. The first-order valence-corrected chi connectivity index (χ1v) is 8.88. The third-order valence-electron chi connectivity index (χ3n) is 6.98. The van der Waals surface area contributed by atoms with Crippen LogP contribution in [0.2, 0.25) is 0 Å². The number of phenolic OH excluding ortho intramolecular Hbond substituents is 1. The van der Waals surface area contributed by atoms with E-state index in [4.69, 9.17) is 0 Å². The van der Waals surface area contributed by atoms with Gasteiger partial charge in [0.15, 0.2) is 0 Å². The summed E-state index contributed by atoms with van der Waals surface area (Å²) in [4.78, 5) is 0. The maximum absolute atomic E-state index is 10.3. The number of benzene rings is 1. The van der Waals surface area contributed by atoms with Crippen LogP contribution in [0.5, 0.6) is 5.75 Å². The normalized spacial score (nSPS) is 41.5. The fourth-order valence-electron chi connectivity index (χ4n) is 6.11. The summed E-state index contributed by atoms with van der Waals surface area (Å²) in [5.41, 5.74) is 2.85. The summed E-state index contributed by atoms with van der Waals surface area (Å²) in [5, 5.41) is 29.4. The lowest BCUT2D eigenvalue weighted by Gasteiger charge is -2.52. The van der Waals surface area contributed by atoms with E-state index in [1.54, 1.807) is 6.07 Å². The molecular weight excluding hydrogens is 286 g/mol. The monoisotopic (exact) mass is 311 g/mol. The molecule has 1 aromatic rings. The zero-order chi connectivity index (χ0) is 16.2. The number of aliphatic hydroxyl groups excluding tert-OH is 1. The predicted molar refractivity (Wildman–Crippen MR) is 87.8 cm³/mol. The van der Waals surface area contributed by atoms with Gasteiger partial charge in [0.25, 0.3) is 0 Å². The molecule has 3 heteroatoms. The molecular formula is C20H25NO2. The zero-order valence-corrected chi connectivity index (χ0v) is 13.7. The highest BCUT2D eigenvalue weighted by Gasteiger charge is 2.55. The smallest absolute Gasteiger partial charge is 0.115 e. The molecule has 0 bridgehead atoms. The van der Waals surface area contributed by atoms with Crippen LogP contribution in [-0.2, 0) is 6.42 Å². The molecule has 4 rings (SSSR count). The second-order valence-corrected chi connectivity index (χ2v) is 8.29. The van der Waals surface area contributed by atoms with Crippen molar-refractivity contribution in [2.75, 3.05) is 0 Å². The minimum atomic E-state index is -0.173. The number of aliphatic hydroxyl groups is 1. The molecule has 3 aliphatic rings. The Labute approximate surface area is 138 Å². The van der Waals surface area contributed by atoms with Gasteiger partial charge in [-0.15, -0.1) is 0 Å². The molecule has 2 saturated carbocycles. The SMILES string of the molecule is C[C@]12CC[C@@H]3c4ccc(O)cc4C[C@H](CC#N)[C@H]3[C@@H]1C[C@@H](O)C2. The minimum absolute atomic E-state index is 0.173. The van der Waals surface area contributed by atoms with E-state index >= 15 is 0 Å². The summed E-state index contributed by atoms with van der Waals surface area (Å²) >= 11 is 0. The molecule has 0 aromatic heterocycles. The average molecular weight is 311 g/mol. The highest BCUT2D eigenvalue weighted by atomic mass is 16.3. The van der Waals surface area contributed by atoms with E-state index in [1.807, 2.05) is 6.07 Å². The van der Waals surface area contributed by atoms with Crippen molar-refractivity contribution in [1.82, 2.24) is 0 Å². The maximum atomic E-state index is 10.3. The van der Waals surface area contributed by atoms with Gasteiger partial charge in [-0.05, 0) is 84.5 Å². The van der Waals surface area contributed by atoms with Crippen LogP contribution in [0.3, 0.4) is 0 Å². The predicted octanol–water partition coefficient (Wildman–Crippen LogP) is 3.75. The Bertz CT molecular complexity index is 664. The van der Waals surface area contributed by atoms with Crippen LogP contribution < -0.4 is 0 Å². The number of hydrogen-bond donors (Lipinski definition) is 2. The van der Waals surface area contributed by atoms with Crippen molar-refractivity contribution in [2.45, 2.75) is 57.5 Å². The topological polar surface area (TPSA) is 64.2 Å². The third-order valence-corrected chi connectivity index (χ3v) is 6.98. The summed E-state index contributed by atoms with van der Waals surface area (Å²) in [6.07, 6.45) is 5.42. The largest absolute Gasteiger partial charge is 0.508 e.